The molecule has 0 amide bonds. The van der Waals surface area contributed by atoms with E-state index < -0.39 is 28.7 Å². The van der Waals surface area contributed by atoms with Crippen molar-refractivity contribution in [1.82, 2.24) is 5.32 Å². The quantitative estimate of drug-likeness (QED) is 0.727. The fourth-order valence-corrected chi connectivity index (χ4v) is 2.12. The van der Waals surface area contributed by atoms with Crippen molar-refractivity contribution in [3.8, 4) is 5.75 Å². The molecule has 1 aliphatic heterocycles. The van der Waals surface area contributed by atoms with Crippen LogP contribution in [0.25, 0.3) is 0 Å². The number of phenolic OH excluding ortho intramolecular Hbond substituents is 1. The van der Waals surface area contributed by atoms with Gasteiger partial charge >= 0.3 is 0 Å². The lowest BCUT2D eigenvalue weighted by atomic mass is 9.89. The molecule has 0 aromatic heterocycles. The van der Waals surface area contributed by atoms with Crippen molar-refractivity contribution in [3.63, 3.8) is 0 Å². The normalized spacial score (nSPS) is 25.0. The Hall–Kier alpha value is -1.23. The van der Waals surface area contributed by atoms with E-state index in [1.807, 2.05) is 0 Å². The summed E-state index contributed by atoms with van der Waals surface area (Å²) in [5.41, 5.74) is -0.766. The second-order valence-electron chi connectivity index (χ2n) is 4.24. The summed E-state index contributed by atoms with van der Waals surface area (Å²) in [7, 11) is 0. The highest BCUT2D eigenvalue weighted by atomic mass is 19.2. The first-order chi connectivity index (χ1) is 7.46. The van der Waals surface area contributed by atoms with Gasteiger partial charge < -0.3 is 10.4 Å². The molecule has 5 heteroatoms. The van der Waals surface area contributed by atoms with Crippen LogP contribution in [0, 0.1) is 17.5 Å². The van der Waals surface area contributed by atoms with Crippen molar-refractivity contribution in [3.05, 3.63) is 29.1 Å². The molecule has 1 atom stereocenters. The lowest BCUT2D eigenvalue weighted by Gasteiger charge is -2.25. The van der Waals surface area contributed by atoms with E-state index in [0.29, 0.717) is 13.0 Å². The van der Waals surface area contributed by atoms with E-state index in [0.717, 1.165) is 12.5 Å². The van der Waals surface area contributed by atoms with Crippen molar-refractivity contribution in [2.24, 2.45) is 0 Å². The molecule has 1 fully saturated rings. The third-order valence-electron chi connectivity index (χ3n) is 3.10. The minimum Gasteiger partial charge on any atom is -0.503 e. The molecule has 0 bridgehead atoms. The van der Waals surface area contributed by atoms with Gasteiger partial charge in [-0.15, -0.1) is 0 Å². The Bertz CT molecular complexity index is 428. The topological polar surface area (TPSA) is 32.3 Å². The molecule has 0 aliphatic carbocycles. The van der Waals surface area contributed by atoms with Crippen LogP contribution in [-0.2, 0) is 5.54 Å². The van der Waals surface area contributed by atoms with Crippen LogP contribution in [0.4, 0.5) is 13.2 Å². The average molecular weight is 231 g/mol. The van der Waals surface area contributed by atoms with Gasteiger partial charge in [-0.3, -0.25) is 0 Å². The number of halogens is 3. The summed E-state index contributed by atoms with van der Waals surface area (Å²) in [4.78, 5) is 0. The average Bonchev–Trinajstić information content (AvgIpc) is 2.68. The first-order valence-corrected chi connectivity index (χ1v) is 5.08. The molecule has 1 aromatic carbocycles. The Labute approximate surface area is 91.1 Å². The highest BCUT2D eigenvalue weighted by Crippen LogP contribution is 2.36. The Morgan fingerprint density at radius 3 is 2.56 bits per heavy atom. The second kappa shape index (κ2) is 3.66. The first kappa shape index (κ1) is 11.3. The number of hydrogen-bond acceptors (Lipinski definition) is 2. The molecule has 2 rings (SSSR count). The lowest BCUT2D eigenvalue weighted by molar-refractivity contribution is 0.349. The van der Waals surface area contributed by atoms with Crippen LogP contribution in [-0.4, -0.2) is 11.7 Å². The number of rotatable bonds is 1. The fraction of sp³-hybridized carbons (Fsp3) is 0.455. The van der Waals surface area contributed by atoms with Gasteiger partial charge in [-0.1, -0.05) is 0 Å². The molecule has 2 N–H and O–H groups in total. The van der Waals surface area contributed by atoms with Gasteiger partial charge in [0.15, 0.2) is 17.4 Å². The minimum atomic E-state index is -1.54. The van der Waals surface area contributed by atoms with Gasteiger partial charge in [0.1, 0.15) is 0 Å². The molecule has 1 unspecified atom stereocenters. The third-order valence-corrected chi connectivity index (χ3v) is 3.10. The molecule has 0 spiro atoms. The third kappa shape index (κ3) is 1.55. The SMILES string of the molecule is CC1(c2cc(F)c(F)c(O)c2F)CCCN1. The van der Waals surface area contributed by atoms with Gasteiger partial charge in [-0.25, -0.2) is 8.78 Å². The number of benzene rings is 1. The van der Waals surface area contributed by atoms with Crippen LogP contribution in [0.2, 0.25) is 0 Å². The van der Waals surface area contributed by atoms with E-state index in [2.05, 4.69) is 5.32 Å². The molecular formula is C11H12F3NO. The van der Waals surface area contributed by atoms with E-state index >= 15 is 0 Å². The number of aromatic hydroxyl groups is 1. The number of phenols is 1. The molecule has 0 saturated carbocycles. The number of nitrogens with one attached hydrogen (secondary N) is 1. The van der Waals surface area contributed by atoms with E-state index in [4.69, 9.17) is 5.11 Å². The molecule has 1 saturated heterocycles. The van der Waals surface area contributed by atoms with Crippen LogP contribution in [0.5, 0.6) is 5.75 Å². The molecule has 1 aliphatic rings. The molecule has 88 valence electrons. The van der Waals surface area contributed by atoms with Crippen LogP contribution in [0.15, 0.2) is 6.07 Å². The van der Waals surface area contributed by atoms with Crippen molar-refractivity contribution in [1.29, 1.82) is 0 Å². The second-order valence-corrected chi connectivity index (χ2v) is 4.24. The maximum atomic E-state index is 13.6. The summed E-state index contributed by atoms with van der Waals surface area (Å²) in [5.74, 6) is -5.10. The Morgan fingerprint density at radius 2 is 2.00 bits per heavy atom. The van der Waals surface area contributed by atoms with Gasteiger partial charge in [-0.2, -0.15) is 4.39 Å². The minimum absolute atomic E-state index is 0.0265. The van der Waals surface area contributed by atoms with E-state index in [1.54, 1.807) is 6.92 Å². The van der Waals surface area contributed by atoms with E-state index in [1.165, 1.54) is 0 Å². The first-order valence-electron chi connectivity index (χ1n) is 5.08. The highest BCUT2D eigenvalue weighted by Gasteiger charge is 2.35. The lowest BCUT2D eigenvalue weighted by Crippen LogP contribution is -2.34. The number of hydrogen-bond donors (Lipinski definition) is 2. The van der Waals surface area contributed by atoms with Gasteiger partial charge in [-0.05, 0) is 32.4 Å². The summed E-state index contributed by atoms with van der Waals surface area (Å²) in [6.45, 7) is 2.39. The summed E-state index contributed by atoms with van der Waals surface area (Å²) < 4.78 is 39.7. The summed E-state index contributed by atoms with van der Waals surface area (Å²) in [6, 6.07) is 0.808. The summed E-state index contributed by atoms with van der Waals surface area (Å²) in [5, 5.41) is 12.1. The monoisotopic (exact) mass is 231 g/mol. The molecule has 16 heavy (non-hydrogen) atoms. The van der Waals surface area contributed by atoms with E-state index in [9.17, 15) is 13.2 Å². The predicted molar refractivity (Wildman–Crippen MR) is 52.6 cm³/mol. The predicted octanol–water partition coefficient (Wildman–Crippen LogP) is 2.41. The van der Waals surface area contributed by atoms with Crippen molar-refractivity contribution in [2.75, 3.05) is 6.54 Å². The van der Waals surface area contributed by atoms with Crippen molar-refractivity contribution < 1.29 is 18.3 Å². The zero-order valence-corrected chi connectivity index (χ0v) is 8.78. The zero-order chi connectivity index (χ0) is 11.9. The largest absolute Gasteiger partial charge is 0.503 e. The molecular weight excluding hydrogens is 219 g/mol. The summed E-state index contributed by atoms with van der Waals surface area (Å²) >= 11 is 0. The smallest absolute Gasteiger partial charge is 0.203 e. The van der Waals surface area contributed by atoms with E-state index in [-0.39, 0.29) is 5.56 Å². The maximum Gasteiger partial charge on any atom is 0.203 e. The van der Waals surface area contributed by atoms with Crippen molar-refractivity contribution in [2.45, 2.75) is 25.3 Å². The Kier molecular flexibility index (Phi) is 2.58. The summed E-state index contributed by atoms with van der Waals surface area (Å²) in [6.07, 6.45) is 1.45. The fourth-order valence-electron chi connectivity index (χ4n) is 2.12. The zero-order valence-electron chi connectivity index (χ0n) is 8.78. The highest BCUT2D eigenvalue weighted by molar-refractivity contribution is 5.37. The van der Waals surface area contributed by atoms with Crippen molar-refractivity contribution >= 4 is 0 Å². The molecule has 0 radical (unpaired) electrons. The van der Waals surface area contributed by atoms with Crippen LogP contribution >= 0.6 is 0 Å². The van der Waals surface area contributed by atoms with Gasteiger partial charge in [0.05, 0.1) is 0 Å². The van der Waals surface area contributed by atoms with Crippen LogP contribution < -0.4 is 5.32 Å². The standard InChI is InChI=1S/C11H12F3NO/c1-11(3-2-4-15-11)6-5-7(12)9(14)10(16)8(6)13/h5,15-16H,2-4H2,1H3. The van der Waals surface area contributed by atoms with Gasteiger partial charge in [0, 0.05) is 11.1 Å². The van der Waals surface area contributed by atoms with Crippen LogP contribution in [0.1, 0.15) is 25.3 Å². The Morgan fingerprint density at radius 1 is 1.31 bits per heavy atom. The van der Waals surface area contributed by atoms with Crippen LogP contribution in [0.3, 0.4) is 0 Å². The molecule has 1 aromatic rings. The van der Waals surface area contributed by atoms with Gasteiger partial charge in [0.2, 0.25) is 5.82 Å². The molecule has 1 heterocycles. The Balaban J connectivity index is 2.57. The van der Waals surface area contributed by atoms with Gasteiger partial charge in [0.25, 0.3) is 0 Å². The maximum absolute atomic E-state index is 13.6. The molecule has 2 nitrogen and oxygen atoms in total.